The molecular weight excluding hydrogens is 224 g/mol. The second kappa shape index (κ2) is 7.49. The van der Waals surface area contributed by atoms with Gasteiger partial charge in [-0.2, -0.15) is 0 Å². The van der Waals surface area contributed by atoms with Crippen LogP contribution in [0.5, 0.6) is 0 Å². The molecule has 0 amide bonds. The zero-order valence-corrected chi connectivity index (χ0v) is 11.3. The smallest absolute Gasteiger partial charge is 0.0887 e. The van der Waals surface area contributed by atoms with Gasteiger partial charge in [0.2, 0.25) is 0 Å². The molecule has 0 bridgehead atoms. The van der Waals surface area contributed by atoms with Crippen molar-refractivity contribution in [3.8, 4) is 0 Å². The van der Waals surface area contributed by atoms with E-state index in [-0.39, 0.29) is 0 Å². The fourth-order valence-electron chi connectivity index (χ4n) is 2.17. The van der Waals surface area contributed by atoms with Gasteiger partial charge in [0.25, 0.3) is 0 Å². The molecule has 0 saturated heterocycles. The summed E-state index contributed by atoms with van der Waals surface area (Å²) in [5.74, 6) is 0.929. The Morgan fingerprint density at radius 1 is 1.33 bits per heavy atom. The molecule has 100 valence electrons. The molecule has 3 heteroatoms. The minimum absolute atomic E-state index is 0.646. The van der Waals surface area contributed by atoms with E-state index >= 15 is 0 Å². The summed E-state index contributed by atoms with van der Waals surface area (Å²) in [6.07, 6.45) is 5.44. The molecule has 0 aliphatic heterocycles. The predicted molar refractivity (Wildman–Crippen MR) is 73.2 cm³/mol. The van der Waals surface area contributed by atoms with E-state index in [1.807, 2.05) is 6.07 Å². The first-order chi connectivity index (χ1) is 8.88. The Balaban J connectivity index is 1.67. The van der Waals surface area contributed by atoms with E-state index in [1.54, 1.807) is 0 Å². The highest BCUT2D eigenvalue weighted by Gasteiger charge is 2.16. The van der Waals surface area contributed by atoms with Crippen molar-refractivity contribution in [2.24, 2.45) is 5.92 Å². The van der Waals surface area contributed by atoms with E-state index in [4.69, 9.17) is 4.74 Å². The van der Waals surface area contributed by atoms with E-state index in [9.17, 15) is 0 Å². The predicted octanol–water partition coefficient (Wildman–Crippen LogP) is 2.90. The molecule has 0 atom stereocenters. The number of hydrogen-bond donors (Lipinski definition) is 1. The Labute approximate surface area is 110 Å². The van der Waals surface area contributed by atoms with Crippen molar-refractivity contribution in [1.29, 1.82) is 0 Å². The Bertz CT molecular complexity index is 350. The summed E-state index contributed by atoms with van der Waals surface area (Å²) < 4.78 is 5.70. The molecule has 0 unspecified atom stereocenters. The second-order valence-electron chi connectivity index (χ2n) is 5.04. The molecule has 18 heavy (non-hydrogen) atoms. The topological polar surface area (TPSA) is 34.1 Å². The van der Waals surface area contributed by atoms with Crippen molar-refractivity contribution in [2.75, 3.05) is 13.2 Å². The van der Waals surface area contributed by atoms with Crippen LogP contribution in [0.2, 0.25) is 0 Å². The molecule has 1 aromatic heterocycles. The first kappa shape index (κ1) is 13.5. The van der Waals surface area contributed by atoms with Gasteiger partial charge in [0.1, 0.15) is 0 Å². The minimum Gasteiger partial charge on any atom is -0.375 e. The minimum atomic E-state index is 0.646. The average Bonchev–Trinajstić information content (AvgIpc) is 2.34. The van der Waals surface area contributed by atoms with Crippen molar-refractivity contribution < 1.29 is 4.74 Å². The van der Waals surface area contributed by atoms with Gasteiger partial charge in [-0.05, 0) is 31.0 Å². The summed E-state index contributed by atoms with van der Waals surface area (Å²) in [5, 5.41) is 3.29. The third-order valence-electron chi connectivity index (χ3n) is 3.57. The monoisotopic (exact) mass is 248 g/mol. The maximum Gasteiger partial charge on any atom is 0.0887 e. The van der Waals surface area contributed by atoms with Crippen LogP contribution in [0.3, 0.4) is 0 Å². The zero-order chi connectivity index (χ0) is 12.6. The molecule has 1 saturated carbocycles. The van der Waals surface area contributed by atoms with Crippen LogP contribution in [0, 0.1) is 5.92 Å². The highest BCUT2D eigenvalue weighted by Crippen LogP contribution is 2.29. The maximum atomic E-state index is 5.70. The van der Waals surface area contributed by atoms with Crippen LogP contribution in [-0.4, -0.2) is 18.1 Å². The van der Waals surface area contributed by atoms with Gasteiger partial charge in [0.05, 0.1) is 18.0 Å². The van der Waals surface area contributed by atoms with Crippen LogP contribution in [0.25, 0.3) is 0 Å². The highest BCUT2D eigenvalue weighted by atomic mass is 16.5. The quantitative estimate of drug-likeness (QED) is 0.718. The molecule has 1 aliphatic carbocycles. The number of rotatable bonds is 8. The largest absolute Gasteiger partial charge is 0.375 e. The van der Waals surface area contributed by atoms with Crippen molar-refractivity contribution in [3.63, 3.8) is 0 Å². The first-order valence-electron chi connectivity index (χ1n) is 7.11. The standard InChI is InChI=1S/C15H24N2O/c1-2-16-11-14-7-4-8-15(17-14)12-18-10-9-13-5-3-6-13/h4,7-8,13,16H,2-3,5-6,9-12H2,1H3. The second-order valence-corrected chi connectivity index (χ2v) is 5.04. The number of ether oxygens (including phenoxy) is 1. The molecule has 0 aromatic carbocycles. The van der Waals surface area contributed by atoms with E-state index in [2.05, 4.69) is 29.4 Å². The van der Waals surface area contributed by atoms with Crippen LogP contribution in [0.4, 0.5) is 0 Å². The van der Waals surface area contributed by atoms with Gasteiger partial charge in [0, 0.05) is 13.2 Å². The van der Waals surface area contributed by atoms with E-state index in [0.717, 1.165) is 37.0 Å². The lowest BCUT2D eigenvalue weighted by Crippen LogP contribution is -2.14. The molecule has 0 spiro atoms. The van der Waals surface area contributed by atoms with Crippen LogP contribution >= 0.6 is 0 Å². The van der Waals surface area contributed by atoms with Gasteiger partial charge in [-0.1, -0.05) is 32.3 Å². The molecule has 1 aliphatic rings. The number of aromatic nitrogens is 1. The lowest BCUT2D eigenvalue weighted by molar-refractivity contribution is 0.0928. The van der Waals surface area contributed by atoms with Gasteiger partial charge in [0.15, 0.2) is 0 Å². The van der Waals surface area contributed by atoms with Gasteiger partial charge in [-0.25, -0.2) is 0 Å². The van der Waals surface area contributed by atoms with Crippen LogP contribution < -0.4 is 5.32 Å². The van der Waals surface area contributed by atoms with Gasteiger partial charge in [-0.3, -0.25) is 4.98 Å². The summed E-state index contributed by atoms with van der Waals surface area (Å²) in [7, 11) is 0. The Morgan fingerprint density at radius 3 is 2.89 bits per heavy atom. The van der Waals surface area contributed by atoms with Gasteiger partial charge in [-0.15, -0.1) is 0 Å². The van der Waals surface area contributed by atoms with E-state index in [1.165, 1.54) is 25.7 Å². The van der Waals surface area contributed by atoms with Crippen LogP contribution in [0.1, 0.15) is 44.0 Å². The summed E-state index contributed by atoms with van der Waals surface area (Å²) in [4.78, 5) is 4.57. The van der Waals surface area contributed by atoms with Gasteiger partial charge < -0.3 is 10.1 Å². The molecule has 1 aromatic rings. The molecule has 1 heterocycles. The van der Waals surface area contributed by atoms with Crippen LogP contribution in [-0.2, 0) is 17.9 Å². The molecular formula is C15H24N2O. The Kier molecular flexibility index (Phi) is 5.62. The number of nitrogens with zero attached hydrogens (tertiary/aromatic N) is 1. The lowest BCUT2D eigenvalue weighted by atomic mass is 9.83. The molecule has 1 fully saturated rings. The summed E-state index contributed by atoms with van der Waals surface area (Å²) in [5.41, 5.74) is 2.14. The number of hydrogen-bond acceptors (Lipinski definition) is 3. The third kappa shape index (κ3) is 4.39. The van der Waals surface area contributed by atoms with Crippen molar-refractivity contribution in [2.45, 2.75) is 45.8 Å². The van der Waals surface area contributed by atoms with E-state index < -0.39 is 0 Å². The average molecular weight is 248 g/mol. The summed E-state index contributed by atoms with van der Waals surface area (Å²) >= 11 is 0. The lowest BCUT2D eigenvalue weighted by Gasteiger charge is -2.24. The van der Waals surface area contributed by atoms with Crippen molar-refractivity contribution in [1.82, 2.24) is 10.3 Å². The maximum absolute atomic E-state index is 5.70. The molecule has 2 rings (SSSR count). The Hall–Kier alpha value is -0.930. The van der Waals surface area contributed by atoms with E-state index in [0.29, 0.717) is 6.61 Å². The highest BCUT2D eigenvalue weighted by molar-refractivity contribution is 5.10. The Morgan fingerprint density at radius 2 is 2.17 bits per heavy atom. The zero-order valence-electron chi connectivity index (χ0n) is 11.3. The summed E-state index contributed by atoms with van der Waals surface area (Å²) in [6, 6.07) is 6.16. The summed E-state index contributed by atoms with van der Waals surface area (Å²) in [6.45, 7) is 5.44. The number of pyridine rings is 1. The molecule has 3 nitrogen and oxygen atoms in total. The third-order valence-corrected chi connectivity index (χ3v) is 3.57. The normalized spacial score (nSPS) is 15.6. The first-order valence-corrected chi connectivity index (χ1v) is 7.11. The van der Waals surface area contributed by atoms with Crippen LogP contribution in [0.15, 0.2) is 18.2 Å². The fraction of sp³-hybridized carbons (Fsp3) is 0.667. The SMILES string of the molecule is CCNCc1cccc(COCCC2CCC2)n1. The fourth-order valence-corrected chi connectivity index (χ4v) is 2.17. The molecule has 0 radical (unpaired) electrons. The molecule has 1 N–H and O–H groups in total. The van der Waals surface area contributed by atoms with Gasteiger partial charge >= 0.3 is 0 Å². The van der Waals surface area contributed by atoms with Crippen molar-refractivity contribution >= 4 is 0 Å². The van der Waals surface area contributed by atoms with Crippen molar-refractivity contribution in [3.05, 3.63) is 29.6 Å². The number of nitrogens with one attached hydrogen (secondary N) is 1.